The smallest absolute Gasteiger partial charge is 0.183 e. The average Bonchev–Trinajstić information content (AvgIpc) is 2.47. The zero-order valence-electron chi connectivity index (χ0n) is 12.1. The van der Waals surface area contributed by atoms with E-state index in [0.29, 0.717) is 6.42 Å². The summed E-state index contributed by atoms with van der Waals surface area (Å²) in [5, 5.41) is 0. The Morgan fingerprint density at radius 3 is 2.75 bits per heavy atom. The molecule has 0 aromatic heterocycles. The minimum absolute atomic E-state index is 0.130. The molecule has 0 saturated heterocycles. The number of hydrogen-bond donors (Lipinski definition) is 0. The summed E-state index contributed by atoms with van der Waals surface area (Å²) in [6, 6.07) is 7.78. The normalized spacial score (nSPS) is 17.8. The molecule has 1 heterocycles. The maximum Gasteiger partial charge on any atom is 0.183 e. The molecule has 0 amide bonds. The van der Waals surface area contributed by atoms with E-state index in [9.17, 15) is 4.79 Å². The third-order valence-corrected chi connectivity index (χ3v) is 3.23. The lowest BCUT2D eigenvalue weighted by molar-refractivity contribution is -0.115. The number of hydrogen-bond acceptors (Lipinski definition) is 3. The number of carbonyl (C=O) groups excluding carboxylic acids is 1. The fraction of sp³-hybridized carbons (Fsp3) is 0.235. The first-order chi connectivity index (χ1) is 9.69. The minimum atomic E-state index is 0.130. The monoisotopic (exact) mass is 269 g/mol. The van der Waals surface area contributed by atoms with Gasteiger partial charge in [-0.3, -0.25) is 4.79 Å². The van der Waals surface area contributed by atoms with Crippen LogP contribution in [0.15, 0.2) is 54.5 Å². The van der Waals surface area contributed by atoms with Crippen LogP contribution in [0, 0.1) is 0 Å². The lowest BCUT2D eigenvalue weighted by Crippen LogP contribution is -2.23. The molecule has 1 aliphatic heterocycles. The average molecular weight is 269 g/mol. The van der Waals surface area contributed by atoms with Gasteiger partial charge >= 0.3 is 0 Å². The van der Waals surface area contributed by atoms with Crippen LogP contribution >= 0.6 is 0 Å². The summed E-state index contributed by atoms with van der Waals surface area (Å²) in [6.45, 7) is 3.82. The van der Waals surface area contributed by atoms with Gasteiger partial charge in [0.05, 0.1) is 12.8 Å². The van der Waals surface area contributed by atoms with Gasteiger partial charge in [-0.15, -0.1) is 0 Å². The SMILES string of the molecule is C/C=C1/C(=O)CC(c2cccc(OC)c2)=CN1/C=C/C. The van der Waals surface area contributed by atoms with E-state index in [1.165, 1.54) is 0 Å². The summed E-state index contributed by atoms with van der Waals surface area (Å²) in [7, 11) is 1.64. The van der Waals surface area contributed by atoms with E-state index in [1.54, 1.807) is 7.11 Å². The predicted molar refractivity (Wildman–Crippen MR) is 81.0 cm³/mol. The van der Waals surface area contributed by atoms with Crippen LogP contribution in [0.1, 0.15) is 25.8 Å². The highest BCUT2D eigenvalue weighted by molar-refractivity contribution is 6.03. The molecule has 1 aromatic rings. The van der Waals surface area contributed by atoms with Gasteiger partial charge in [-0.2, -0.15) is 0 Å². The van der Waals surface area contributed by atoms with Crippen LogP contribution in [0.2, 0.25) is 0 Å². The Bertz CT molecular complexity index is 597. The fourth-order valence-corrected chi connectivity index (χ4v) is 2.28. The second-order valence-corrected chi connectivity index (χ2v) is 4.55. The fourth-order valence-electron chi connectivity index (χ4n) is 2.28. The Morgan fingerprint density at radius 2 is 2.10 bits per heavy atom. The number of ether oxygens (including phenoxy) is 1. The second-order valence-electron chi connectivity index (χ2n) is 4.55. The van der Waals surface area contributed by atoms with Crippen LogP contribution in [0.4, 0.5) is 0 Å². The molecule has 0 N–H and O–H groups in total. The Labute approximate surface area is 119 Å². The molecule has 0 aliphatic carbocycles. The van der Waals surface area contributed by atoms with Crippen LogP contribution in [-0.4, -0.2) is 17.8 Å². The van der Waals surface area contributed by atoms with E-state index >= 15 is 0 Å². The van der Waals surface area contributed by atoms with Gasteiger partial charge in [-0.1, -0.05) is 24.3 Å². The van der Waals surface area contributed by atoms with Crippen molar-refractivity contribution in [2.24, 2.45) is 0 Å². The van der Waals surface area contributed by atoms with Crippen molar-refractivity contribution in [3.05, 3.63) is 60.1 Å². The molecule has 1 aromatic carbocycles. The number of benzene rings is 1. The first kappa shape index (κ1) is 14.1. The standard InChI is InChI=1S/C17H19NO2/c1-4-9-18-12-14(11-17(19)16(18)5-2)13-7-6-8-15(10-13)20-3/h4-10,12H,11H2,1-3H3/b9-4+,16-5-. The van der Waals surface area contributed by atoms with Crippen molar-refractivity contribution in [2.45, 2.75) is 20.3 Å². The van der Waals surface area contributed by atoms with E-state index in [-0.39, 0.29) is 5.78 Å². The molecule has 0 unspecified atom stereocenters. The van der Waals surface area contributed by atoms with Gasteiger partial charge in [-0.05, 0) is 37.1 Å². The van der Waals surface area contributed by atoms with Gasteiger partial charge < -0.3 is 9.64 Å². The molecular weight excluding hydrogens is 250 g/mol. The van der Waals surface area contributed by atoms with Crippen LogP contribution in [0.25, 0.3) is 5.57 Å². The molecule has 0 saturated carbocycles. The highest BCUT2D eigenvalue weighted by Gasteiger charge is 2.22. The molecular formula is C17H19NO2. The van der Waals surface area contributed by atoms with E-state index in [2.05, 4.69) is 0 Å². The first-order valence-corrected chi connectivity index (χ1v) is 6.65. The third-order valence-electron chi connectivity index (χ3n) is 3.23. The van der Waals surface area contributed by atoms with E-state index in [0.717, 1.165) is 22.6 Å². The molecule has 0 fully saturated rings. The van der Waals surface area contributed by atoms with E-state index < -0.39 is 0 Å². The Morgan fingerprint density at radius 1 is 1.30 bits per heavy atom. The Kier molecular flexibility index (Phi) is 4.41. The largest absolute Gasteiger partial charge is 0.497 e. The molecule has 3 nitrogen and oxygen atoms in total. The highest BCUT2D eigenvalue weighted by Crippen LogP contribution is 2.30. The van der Waals surface area contributed by atoms with Crippen LogP contribution in [0.5, 0.6) is 5.75 Å². The van der Waals surface area contributed by atoms with Crippen LogP contribution in [-0.2, 0) is 4.79 Å². The number of allylic oxidation sites excluding steroid dienone is 4. The number of ketones is 1. The van der Waals surface area contributed by atoms with E-state index in [4.69, 9.17) is 4.74 Å². The third kappa shape index (κ3) is 2.82. The number of Topliss-reactive ketones (excluding diaryl/α,β-unsaturated/α-hetero) is 1. The number of methoxy groups -OCH3 is 1. The molecule has 0 spiro atoms. The summed E-state index contributed by atoms with van der Waals surface area (Å²) >= 11 is 0. The predicted octanol–water partition coefficient (Wildman–Crippen LogP) is 3.75. The summed E-state index contributed by atoms with van der Waals surface area (Å²) < 4.78 is 5.24. The molecule has 0 radical (unpaired) electrons. The van der Waals surface area contributed by atoms with E-state index in [1.807, 2.05) is 67.6 Å². The molecule has 3 heteroatoms. The lowest BCUT2D eigenvalue weighted by atomic mass is 9.96. The van der Waals surface area contributed by atoms with Crippen LogP contribution < -0.4 is 4.74 Å². The number of carbonyl (C=O) groups is 1. The highest BCUT2D eigenvalue weighted by atomic mass is 16.5. The summed E-state index contributed by atoms with van der Waals surface area (Å²) in [5.74, 6) is 0.927. The summed E-state index contributed by atoms with van der Waals surface area (Å²) in [6.07, 6.45) is 8.09. The van der Waals surface area contributed by atoms with Crippen molar-refractivity contribution in [1.29, 1.82) is 0 Å². The molecule has 0 atom stereocenters. The van der Waals surface area contributed by atoms with Crippen molar-refractivity contribution in [3.63, 3.8) is 0 Å². The minimum Gasteiger partial charge on any atom is -0.497 e. The second kappa shape index (κ2) is 6.24. The van der Waals surface area contributed by atoms with Crippen molar-refractivity contribution in [1.82, 2.24) is 4.90 Å². The summed E-state index contributed by atoms with van der Waals surface area (Å²) in [5.41, 5.74) is 2.73. The number of rotatable bonds is 3. The van der Waals surface area contributed by atoms with Crippen molar-refractivity contribution >= 4 is 11.4 Å². The van der Waals surface area contributed by atoms with Gasteiger partial charge in [0, 0.05) is 18.8 Å². The Balaban J connectivity index is 2.43. The quantitative estimate of drug-likeness (QED) is 0.783. The van der Waals surface area contributed by atoms with Gasteiger partial charge in [0.25, 0.3) is 0 Å². The lowest BCUT2D eigenvalue weighted by Gasteiger charge is -2.25. The topological polar surface area (TPSA) is 29.5 Å². The molecule has 0 bridgehead atoms. The zero-order chi connectivity index (χ0) is 14.5. The van der Waals surface area contributed by atoms with Gasteiger partial charge in [0.2, 0.25) is 0 Å². The van der Waals surface area contributed by atoms with Gasteiger partial charge in [0.1, 0.15) is 5.75 Å². The summed E-state index contributed by atoms with van der Waals surface area (Å²) in [4.78, 5) is 14.1. The van der Waals surface area contributed by atoms with Crippen molar-refractivity contribution in [2.75, 3.05) is 7.11 Å². The first-order valence-electron chi connectivity index (χ1n) is 6.65. The zero-order valence-corrected chi connectivity index (χ0v) is 12.1. The molecule has 20 heavy (non-hydrogen) atoms. The Hall–Kier alpha value is -2.29. The molecule has 2 rings (SSSR count). The maximum atomic E-state index is 12.2. The van der Waals surface area contributed by atoms with Gasteiger partial charge in [0.15, 0.2) is 5.78 Å². The maximum absolute atomic E-state index is 12.2. The van der Waals surface area contributed by atoms with Crippen LogP contribution in [0.3, 0.4) is 0 Å². The number of nitrogens with zero attached hydrogens (tertiary/aromatic N) is 1. The van der Waals surface area contributed by atoms with Crippen molar-refractivity contribution in [3.8, 4) is 5.75 Å². The molecule has 104 valence electrons. The molecule has 1 aliphatic rings. The van der Waals surface area contributed by atoms with Gasteiger partial charge in [-0.25, -0.2) is 0 Å². The van der Waals surface area contributed by atoms with Crippen molar-refractivity contribution < 1.29 is 9.53 Å².